The summed E-state index contributed by atoms with van der Waals surface area (Å²) in [6.45, 7) is -0.632. The lowest BCUT2D eigenvalue weighted by atomic mass is 10.0. The van der Waals surface area contributed by atoms with Gasteiger partial charge in [-0.3, -0.25) is 14.5 Å². The number of imide groups is 1. The first-order valence-electron chi connectivity index (χ1n) is 6.17. The van der Waals surface area contributed by atoms with Gasteiger partial charge >= 0.3 is 12.0 Å². The average Bonchev–Trinajstić information content (AvgIpc) is 2.69. The van der Waals surface area contributed by atoms with Gasteiger partial charge in [0.15, 0.2) is 0 Å². The largest absolute Gasteiger partial charge is 0.480 e. The fourth-order valence-electron chi connectivity index (χ4n) is 2.06. The lowest BCUT2D eigenvalue weighted by Crippen LogP contribution is -2.36. The van der Waals surface area contributed by atoms with Crippen molar-refractivity contribution in [2.45, 2.75) is 12.5 Å². The van der Waals surface area contributed by atoms with E-state index in [1.807, 2.05) is 0 Å². The molecule has 0 spiro atoms. The highest BCUT2D eigenvalue weighted by molar-refractivity contribution is 6.06. The highest BCUT2D eigenvalue weighted by Crippen LogP contribution is 2.12. The number of carboxylic acid groups (broad SMARTS) is 1. The zero-order valence-electron chi connectivity index (χ0n) is 11.4. The molecule has 118 valence electrons. The van der Waals surface area contributed by atoms with Crippen molar-refractivity contribution in [3.05, 3.63) is 35.4 Å². The molecule has 1 atom stereocenters. The van der Waals surface area contributed by atoms with E-state index in [9.17, 15) is 14.4 Å². The Morgan fingerprint density at radius 1 is 1.36 bits per heavy atom. The van der Waals surface area contributed by atoms with Gasteiger partial charge in [-0.15, -0.1) is 12.4 Å². The molecule has 1 aliphatic heterocycles. The molecule has 2 rings (SSSR count). The summed E-state index contributed by atoms with van der Waals surface area (Å²) < 4.78 is 0. The zero-order chi connectivity index (χ0) is 15.4. The maximum absolute atomic E-state index is 12.0. The number of nitrogens with zero attached hydrogens (tertiary/aromatic N) is 2. The molecule has 0 saturated carbocycles. The molecule has 4 N–H and O–H groups in total. The molecular formula is C13H15ClN4O4. The standard InChI is InChI=1S/C13H14N4O4.ClH/c14-15-6-9-3-1-8(2-4-9)5-10-12(20)17(7-11(18)19)13(21)16-10;/h1-4,6,10H,5,7,14H2,(H,16,21)(H,18,19);1H/b15-6+;. The Morgan fingerprint density at radius 2 is 2.00 bits per heavy atom. The van der Waals surface area contributed by atoms with Crippen LogP contribution in [0.25, 0.3) is 0 Å². The molecule has 1 aromatic carbocycles. The van der Waals surface area contributed by atoms with E-state index in [0.29, 0.717) is 11.3 Å². The lowest BCUT2D eigenvalue weighted by Gasteiger charge is -2.10. The van der Waals surface area contributed by atoms with Gasteiger partial charge in [-0.1, -0.05) is 24.3 Å². The molecule has 1 aliphatic rings. The van der Waals surface area contributed by atoms with Crippen LogP contribution in [-0.4, -0.2) is 46.7 Å². The number of rotatable bonds is 5. The van der Waals surface area contributed by atoms with E-state index >= 15 is 0 Å². The molecular weight excluding hydrogens is 312 g/mol. The Labute approximate surface area is 132 Å². The molecule has 8 nitrogen and oxygen atoms in total. The molecule has 1 heterocycles. The highest BCUT2D eigenvalue weighted by Gasteiger charge is 2.38. The van der Waals surface area contributed by atoms with E-state index in [-0.39, 0.29) is 12.4 Å². The van der Waals surface area contributed by atoms with Crippen molar-refractivity contribution in [1.82, 2.24) is 10.2 Å². The number of halogens is 1. The van der Waals surface area contributed by atoms with Gasteiger partial charge in [0.2, 0.25) is 0 Å². The van der Waals surface area contributed by atoms with Crippen molar-refractivity contribution >= 4 is 36.5 Å². The third kappa shape index (κ3) is 3.95. The van der Waals surface area contributed by atoms with Gasteiger partial charge < -0.3 is 16.3 Å². The Balaban J connectivity index is 0.00000242. The van der Waals surface area contributed by atoms with Crippen LogP contribution in [0.3, 0.4) is 0 Å². The highest BCUT2D eigenvalue weighted by atomic mass is 35.5. The molecule has 0 aromatic heterocycles. The summed E-state index contributed by atoms with van der Waals surface area (Å²) in [5.41, 5.74) is 1.65. The second-order valence-electron chi connectivity index (χ2n) is 4.54. The van der Waals surface area contributed by atoms with Crippen molar-refractivity contribution in [2.24, 2.45) is 10.9 Å². The Hall–Kier alpha value is -2.61. The normalized spacial score (nSPS) is 17.5. The van der Waals surface area contributed by atoms with Crippen molar-refractivity contribution < 1.29 is 19.5 Å². The van der Waals surface area contributed by atoms with Crippen LogP contribution >= 0.6 is 12.4 Å². The van der Waals surface area contributed by atoms with Crippen LogP contribution in [0.15, 0.2) is 29.4 Å². The van der Waals surface area contributed by atoms with Crippen LogP contribution < -0.4 is 11.2 Å². The molecule has 0 aliphatic carbocycles. The predicted octanol–water partition coefficient (Wildman–Crippen LogP) is -0.0515. The summed E-state index contributed by atoms with van der Waals surface area (Å²) in [7, 11) is 0. The van der Waals surface area contributed by atoms with Crippen molar-refractivity contribution in [3.8, 4) is 0 Å². The minimum Gasteiger partial charge on any atom is -0.480 e. The Bertz CT molecular complexity index is 603. The summed E-state index contributed by atoms with van der Waals surface area (Å²) in [6.07, 6.45) is 1.78. The smallest absolute Gasteiger partial charge is 0.325 e. The van der Waals surface area contributed by atoms with Gasteiger partial charge in [0.05, 0.1) is 6.21 Å². The van der Waals surface area contributed by atoms with Crippen molar-refractivity contribution in [3.63, 3.8) is 0 Å². The number of carbonyl (C=O) groups excluding carboxylic acids is 2. The average molecular weight is 327 g/mol. The lowest BCUT2D eigenvalue weighted by molar-refractivity contribution is -0.141. The van der Waals surface area contributed by atoms with Gasteiger partial charge in [-0.2, -0.15) is 5.10 Å². The number of urea groups is 1. The topological polar surface area (TPSA) is 125 Å². The Morgan fingerprint density at radius 3 is 2.55 bits per heavy atom. The SMILES string of the molecule is Cl.N/N=C/c1ccc(CC2NC(=O)N(CC(=O)O)C2=O)cc1. The molecule has 0 radical (unpaired) electrons. The van der Waals surface area contributed by atoms with Crippen LogP contribution in [0, 0.1) is 0 Å². The molecule has 3 amide bonds. The molecule has 0 bridgehead atoms. The van der Waals surface area contributed by atoms with Crippen molar-refractivity contribution in [1.29, 1.82) is 0 Å². The van der Waals surface area contributed by atoms with Crippen LogP contribution in [0.1, 0.15) is 11.1 Å². The summed E-state index contributed by atoms with van der Waals surface area (Å²) >= 11 is 0. The second-order valence-corrected chi connectivity index (χ2v) is 4.54. The number of nitrogens with two attached hydrogens (primary N) is 1. The number of hydrogen-bond donors (Lipinski definition) is 3. The number of amides is 3. The van der Waals surface area contributed by atoms with E-state index in [1.54, 1.807) is 24.3 Å². The number of aliphatic carboxylic acids is 1. The van der Waals surface area contributed by atoms with E-state index in [1.165, 1.54) is 6.21 Å². The first kappa shape index (κ1) is 17.4. The number of hydrogen-bond acceptors (Lipinski definition) is 5. The van der Waals surface area contributed by atoms with Gasteiger partial charge in [0.25, 0.3) is 5.91 Å². The van der Waals surface area contributed by atoms with E-state index in [4.69, 9.17) is 10.9 Å². The third-order valence-electron chi connectivity index (χ3n) is 3.04. The van der Waals surface area contributed by atoms with E-state index in [2.05, 4.69) is 10.4 Å². The molecule has 9 heteroatoms. The summed E-state index contributed by atoms with van der Waals surface area (Å²) in [6, 6.07) is 5.71. The zero-order valence-corrected chi connectivity index (χ0v) is 12.2. The molecule has 22 heavy (non-hydrogen) atoms. The van der Waals surface area contributed by atoms with Crippen LogP contribution in [-0.2, 0) is 16.0 Å². The van der Waals surface area contributed by atoms with Gasteiger partial charge in [0.1, 0.15) is 12.6 Å². The van der Waals surface area contributed by atoms with E-state index < -0.39 is 30.5 Å². The summed E-state index contributed by atoms with van der Waals surface area (Å²) in [4.78, 5) is 34.8. The number of carboxylic acids is 1. The summed E-state index contributed by atoms with van der Waals surface area (Å²) in [5, 5.41) is 14.5. The molecule has 1 saturated heterocycles. The second kappa shape index (κ2) is 7.41. The fourth-order valence-corrected chi connectivity index (χ4v) is 2.06. The minimum atomic E-state index is -1.23. The monoisotopic (exact) mass is 326 g/mol. The van der Waals surface area contributed by atoms with Crippen LogP contribution in [0.4, 0.5) is 4.79 Å². The van der Waals surface area contributed by atoms with Crippen LogP contribution in [0.5, 0.6) is 0 Å². The molecule has 1 unspecified atom stereocenters. The Kier molecular flexibility index (Phi) is 5.88. The number of carbonyl (C=O) groups is 3. The quantitative estimate of drug-likeness (QED) is 0.303. The minimum absolute atomic E-state index is 0. The first-order chi connectivity index (χ1) is 10.0. The van der Waals surface area contributed by atoms with Gasteiger partial charge in [-0.25, -0.2) is 4.79 Å². The number of hydrazone groups is 1. The summed E-state index contributed by atoms with van der Waals surface area (Å²) in [5.74, 6) is 3.28. The van der Waals surface area contributed by atoms with Gasteiger partial charge in [-0.05, 0) is 11.1 Å². The third-order valence-corrected chi connectivity index (χ3v) is 3.04. The maximum Gasteiger partial charge on any atom is 0.325 e. The number of benzene rings is 1. The predicted molar refractivity (Wildman–Crippen MR) is 80.8 cm³/mol. The fraction of sp³-hybridized carbons (Fsp3) is 0.231. The van der Waals surface area contributed by atoms with Crippen LogP contribution in [0.2, 0.25) is 0 Å². The maximum atomic E-state index is 12.0. The number of nitrogens with one attached hydrogen (secondary N) is 1. The van der Waals surface area contributed by atoms with Gasteiger partial charge in [0, 0.05) is 6.42 Å². The first-order valence-corrected chi connectivity index (χ1v) is 6.17. The molecule has 1 fully saturated rings. The van der Waals surface area contributed by atoms with E-state index in [0.717, 1.165) is 11.1 Å². The molecule has 1 aromatic rings. The van der Waals surface area contributed by atoms with Crippen molar-refractivity contribution in [2.75, 3.05) is 6.54 Å².